The van der Waals surface area contributed by atoms with E-state index in [9.17, 15) is 4.79 Å². The van der Waals surface area contributed by atoms with Crippen molar-refractivity contribution >= 4 is 44.8 Å². The molecule has 0 aromatic carbocycles. The molecular formula is C13H12BrClN2OS. The molecule has 3 nitrogen and oxygen atoms in total. The SMILES string of the molecule is CC(c1cccs1)N(C)C(=O)c1cc(Br)cnc1Cl. The van der Waals surface area contributed by atoms with E-state index >= 15 is 0 Å². The van der Waals surface area contributed by atoms with Crippen LogP contribution < -0.4 is 0 Å². The van der Waals surface area contributed by atoms with Gasteiger partial charge in [-0.25, -0.2) is 4.98 Å². The van der Waals surface area contributed by atoms with Gasteiger partial charge in [0.15, 0.2) is 0 Å². The minimum absolute atomic E-state index is 0.00236. The molecule has 6 heteroatoms. The topological polar surface area (TPSA) is 33.2 Å². The van der Waals surface area contributed by atoms with E-state index in [-0.39, 0.29) is 17.1 Å². The normalized spacial score (nSPS) is 12.2. The molecule has 2 aromatic rings. The molecule has 1 unspecified atom stereocenters. The van der Waals surface area contributed by atoms with Gasteiger partial charge in [-0.3, -0.25) is 4.79 Å². The lowest BCUT2D eigenvalue weighted by atomic mass is 10.2. The van der Waals surface area contributed by atoms with Gasteiger partial charge < -0.3 is 4.90 Å². The van der Waals surface area contributed by atoms with Crippen LogP contribution in [0.2, 0.25) is 5.15 Å². The van der Waals surface area contributed by atoms with Crippen LogP contribution in [0, 0.1) is 0 Å². The van der Waals surface area contributed by atoms with Crippen LogP contribution in [-0.2, 0) is 0 Å². The molecule has 0 aliphatic carbocycles. The Kier molecular flexibility index (Phi) is 4.60. The monoisotopic (exact) mass is 358 g/mol. The highest BCUT2D eigenvalue weighted by molar-refractivity contribution is 9.10. The molecule has 0 spiro atoms. The largest absolute Gasteiger partial charge is 0.334 e. The van der Waals surface area contributed by atoms with Crippen molar-refractivity contribution in [2.75, 3.05) is 7.05 Å². The van der Waals surface area contributed by atoms with Crippen LogP contribution in [0.5, 0.6) is 0 Å². The van der Waals surface area contributed by atoms with Crippen LogP contribution >= 0.6 is 38.9 Å². The van der Waals surface area contributed by atoms with Gasteiger partial charge in [-0.05, 0) is 40.4 Å². The van der Waals surface area contributed by atoms with Gasteiger partial charge in [-0.15, -0.1) is 11.3 Å². The van der Waals surface area contributed by atoms with Crippen molar-refractivity contribution in [1.29, 1.82) is 0 Å². The number of pyridine rings is 1. The molecule has 0 saturated heterocycles. The van der Waals surface area contributed by atoms with Crippen molar-refractivity contribution in [3.8, 4) is 0 Å². The smallest absolute Gasteiger partial charge is 0.257 e. The first-order valence-corrected chi connectivity index (χ1v) is 7.67. The summed E-state index contributed by atoms with van der Waals surface area (Å²) in [6.45, 7) is 1.99. The molecule has 0 aliphatic rings. The number of carbonyl (C=O) groups excluding carboxylic acids is 1. The summed E-state index contributed by atoms with van der Waals surface area (Å²) < 4.78 is 0.734. The number of hydrogen-bond donors (Lipinski definition) is 0. The van der Waals surface area contributed by atoms with Crippen molar-refractivity contribution in [2.24, 2.45) is 0 Å². The number of halogens is 2. The lowest BCUT2D eigenvalue weighted by Crippen LogP contribution is -2.29. The number of rotatable bonds is 3. The third-order valence-electron chi connectivity index (χ3n) is 2.89. The lowest BCUT2D eigenvalue weighted by molar-refractivity contribution is 0.0744. The summed E-state index contributed by atoms with van der Waals surface area (Å²) in [6, 6.07) is 5.68. The van der Waals surface area contributed by atoms with Crippen molar-refractivity contribution < 1.29 is 4.79 Å². The lowest BCUT2D eigenvalue weighted by Gasteiger charge is -2.24. The Labute approximate surface area is 129 Å². The molecule has 1 atom stereocenters. The molecular weight excluding hydrogens is 348 g/mol. The maximum atomic E-state index is 12.4. The van der Waals surface area contributed by atoms with Crippen LogP contribution in [-0.4, -0.2) is 22.8 Å². The van der Waals surface area contributed by atoms with E-state index in [2.05, 4.69) is 20.9 Å². The first-order chi connectivity index (χ1) is 9.00. The van der Waals surface area contributed by atoms with E-state index in [1.807, 2.05) is 24.4 Å². The molecule has 0 fully saturated rings. The standard InChI is InChI=1S/C13H12BrClN2OS/c1-8(11-4-3-5-19-11)17(2)13(18)10-6-9(14)7-16-12(10)15/h3-8H,1-2H3. The minimum Gasteiger partial charge on any atom is -0.334 e. The van der Waals surface area contributed by atoms with Crippen LogP contribution in [0.15, 0.2) is 34.2 Å². The Hall–Kier alpha value is -0.910. The molecule has 0 bridgehead atoms. The van der Waals surface area contributed by atoms with Crippen molar-refractivity contribution in [3.63, 3.8) is 0 Å². The van der Waals surface area contributed by atoms with E-state index in [1.54, 1.807) is 35.5 Å². The van der Waals surface area contributed by atoms with Crippen LogP contribution in [0.1, 0.15) is 28.2 Å². The Morgan fingerprint density at radius 2 is 2.32 bits per heavy atom. The van der Waals surface area contributed by atoms with Gasteiger partial charge >= 0.3 is 0 Å². The van der Waals surface area contributed by atoms with E-state index in [0.29, 0.717) is 5.56 Å². The fourth-order valence-electron chi connectivity index (χ4n) is 1.66. The Morgan fingerprint density at radius 3 is 2.95 bits per heavy atom. The molecule has 0 radical (unpaired) electrons. The first kappa shape index (κ1) is 14.5. The molecule has 0 aliphatic heterocycles. The minimum atomic E-state index is -0.139. The first-order valence-electron chi connectivity index (χ1n) is 5.62. The molecule has 2 heterocycles. The fourth-order valence-corrected chi connectivity index (χ4v) is 3.00. The van der Waals surface area contributed by atoms with E-state index in [4.69, 9.17) is 11.6 Å². The second-order valence-corrected chi connectivity index (χ2v) is 6.35. The number of nitrogens with zero attached hydrogens (tertiary/aromatic N) is 2. The highest BCUT2D eigenvalue weighted by atomic mass is 79.9. The van der Waals surface area contributed by atoms with Crippen molar-refractivity contribution in [3.05, 3.63) is 49.8 Å². The van der Waals surface area contributed by atoms with Crippen molar-refractivity contribution in [2.45, 2.75) is 13.0 Å². The highest BCUT2D eigenvalue weighted by Crippen LogP contribution is 2.27. The van der Waals surface area contributed by atoms with Crippen LogP contribution in [0.4, 0.5) is 0 Å². The zero-order valence-electron chi connectivity index (χ0n) is 10.4. The molecule has 1 amide bonds. The van der Waals surface area contributed by atoms with E-state index < -0.39 is 0 Å². The molecule has 0 N–H and O–H groups in total. The summed E-state index contributed by atoms with van der Waals surface area (Å²) in [5.74, 6) is -0.139. The molecule has 19 heavy (non-hydrogen) atoms. The highest BCUT2D eigenvalue weighted by Gasteiger charge is 2.22. The number of thiophene rings is 1. The number of amides is 1. The molecule has 2 rings (SSSR count). The summed E-state index contributed by atoms with van der Waals surface area (Å²) in [5, 5.41) is 2.22. The van der Waals surface area contributed by atoms with Gasteiger partial charge in [0, 0.05) is 22.6 Å². The maximum absolute atomic E-state index is 12.4. The maximum Gasteiger partial charge on any atom is 0.257 e. The summed E-state index contributed by atoms with van der Waals surface area (Å²) >= 11 is 10.9. The quantitative estimate of drug-likeness (QED) is 0.761. The zero-order chi connectivity index (χ0) is 14.0. The average Bonchev–Trinajstić information content (AvgIpc) is 2.93. The predicted molar refractivity (Wildman–Crippen MR) is 81.8 cm³/mol. The zero-order valence-corrected chi connectivity index (χ0v) is 13.6. The Morgan fingerprint density at radius 1 is 1.58 bits per heavy atom. The van der Waals surface area contributed by atoms with Crippen LogP contribution in [0.25, 0.3) is 0 Å². The van der Waals surface area contributed by atoms with Crippen LogP contribution in [0.3, 0.4) is 0 Å². The summed E-state index contributed by atoms with van der Waals surface area (Å²) in [7, 11) is 1.77. The summed E-state index contributed by atoms with van der Waals surface area (Å²) in [6.07, 6.45) is 1.57. The van der Waals surface area contributed by atoms with Gasteiger partial charge in [0.25, 0.3) is 5.91 Å². The third-order valence-corrected chi connectivity index (χ3v) is 4.67. The fraction of sp³-hybridized carbons (Fsp3) is 0.231. The van der Waals surface area contributed by atoms with Gasteiger partial charge in [-0.1, -0.05) is 17.7 Å². The Bertz CT molecular complexity index is 588. The van der Waals surface area contributed by atoms with Crippen molar-refractivity contribution in [1.82, 2.24) is 9.88 Å². The van der Waals surface area contributed by atoms with Gasteiger partial charge in [0.2, 0.25) is 0 Å². The molecule has 2 aromatic heterocycles. The second-order valence-electron chi connectivity index (χ2n) is 4.10. The number of hydrogen-bond acceptors (Lipinski definition) is 3. The molecule has 0 saturated carbocycles. The summed E-state index contributed by atoms with van der Waals surface area (Å²) in [5.41, 5.74) is 0.405. The number of aromatic nitrogens is 1. The molecule has 100 valence electrons. The van der Waals surface area contributed by atoms with Gasteiger partial charge in [0.1, 0.15) is 5.15 Å². The third kappa shape index (κ3) is 3.16. The second kappa shape index (κ2) is 6.03. The predicted octanol–water partition coefficient (Wildman–Crippen LogP) is 4.39. The number of carbonyl (C=O) groups is 1. The Balaban J connectivity index is 2.26. The van der Waals surface area contributed by atoms with Gasteiger partial charge in [0.05, 0.1) is 11.6 Å². The van der Waals surface area contributed by atoms with Gasteiger partial charge in [-0.2, -0.15) is 0 Å². The van der Waals surface area contributed by atoms with E-state index in [1.165, 1.54) is 0 Å². The van der Waals surface area contributed by atoms with E-state index in [0.717, 1.165) is 9.35 Å². The summed E-state index contributed by atoms with van der Waals surface area (Å²) in [4.78, 5) is 19.2. The average molecular weight is 360 g/mol.